The summed E-state index contributed by atoms with van der Waals surface area (Å²) in [7, 11) is 0. The number of alkyl halides is 1. The van der Waals surface area contributed by atoms with E-state index in [0.717, 1.165) is 13.1 Å². The van der Waals surface area contributed by atoms with Gasteiger partial charge in [0.05, 0.1) is 23.9 Å². The van der Waals surface area contributed by atoms with Gasteiger partial charge in [0.2, 0.25) is 5.78 Å². The number of Topliss-reactive ketones (excluding diaryl/α,β-unsaturated/α-hetero) is 1. The van der Waals surface area contributed by atoms with E-state index in [2.05, 4.69) is 0 Å². The van der Waals surface area contributed by atoms with Crippen LogP contribution in [0, 0.1) is 0 Å². The summed E-state index contributed by atoms with van der Waals surface area (Å²) in [6.45, 7) is 2.74. The van der Waals surface area contributed by atoms with E-state index in [-0.39, 0.29) is 5.78 Å². The Morgan fingerprint density at radius 1 is 1.38 bits per heavy atom. The molecule has 1 unspecified atom stereocenters. The van der Waals surface area contributed by atoms with Crippen molar-refractivity contribution in [3.05, 3.63) is 10.7 Å². The quantitative estimate of drug-likeness (QED) is 0.619. The Hall–Kier alpha value is -0.250. The van der Waals surface area contributed by atoms with E-state index in [9.17, 15) is 4.79 Å². The average molecular weight is 222 g/mol. The molecule has 1 saturated heterocycles. The van der Waals surface area contributed by atoms with Crippen molar-refractivity contribution >= 4 is 29.0 Å². The van der Waals surface area contributed by atoms with Crippen molar-refractivity contribution in [1.29, 1.82) is 0 Å². The van der Waals surface area contributed by atoms with Crippen molar-refractivity contribution in [2.45, 2.75) is 5.38 Å². The molecule has 2 rings (SSSR count). The first-order valence-electron chi connectivity index (χ1n) is 4.12. The number of carbonyl (C=O) groups is 1. The number of ketones is 1. The maximum atomic E-state index is 11.3. The highest BCUT2D eigenvalue weighted by Crippen LogP contribution is 2.34. The number of morpholine rings is 1. The summed E-state index contributed by atoms with van der Waals surface area (Å²) in [6, 6.07) is 0. The predicted octanol–water partition coefficient (Wildman–Crippen LogP) is 0.959. The molecule has 3 nitrogen and oxygen atoms in total. The number of rotatable bonds is 1. The fraction of sp³-hybridized carbons (Fsp3) is 0.625. The first-order valence-corrected chi connectivity index (χ1v) is 4.94. The second kappa shape index (κ2) is 3.48. The molecule has 0 aromatic carbocycles. The van der Waals surface area contributed by atoms with Crippen LogP contribution in [-0.4, -0.2) is 42.4 Å². The minimum absolute atomic E-state index is 0.0615. The maximum Gasteiger partial charge on any atom is 0.203 e. The fourth-order valence-corrected chi connectivity index (χ4v) is 2.01. The van der Waals surface area contributed by atoms with Crippen LogP contribution >= 0.6 is 23.2 Å². The molecule has 1 aliphatic heterocycles. The van der Waals surface area contributed by atoms with Crippen molar-refractivity contribution in [2.24, 2.45) is 0 Å². The van der Waals surface area contributed by atoms with Gasteiger partial charge in [0, 0.05) is 13.1 Å². The zero-order valence-electron chi connectivity index (χ0n) is 6.93. The number of hydrogen-bond donors (Lipinski definition) is 0. The van der Waals surface area contributed by atoms with Crippen molar-refractivity contribution in [1.82, 2.24) is 4.90 Å². The highest BCUT2D eigenvalue weighted by atomic mass is 35.5. The number of allylic oxidation sites excluding steroid dienone is 2. The van der Waals surface area contributed by atoms with E-state index in [1.807, 2.05) is 4.90 Å². The lowest BCUT2D eigenvalue weighted by atomic mass is 10.0. The number of ether oxygens (including phenoxy) is 1. The fourth-order valence-electron chi connectivity index (χ4n) is 1.49. The van der Waals surface area contributed by atoms with Crippen molar-refractivity contribution in [2.75, 3.05) is 26.3 Å². The Bertz CT molecular complexity index is 271. The van der Waals surface area contributed by atoms with Crippen LogP contribution in [0.3, 0.4) is 0 Å². The largest absolute Gasteiger partial charge is 0.378 e. The Labute approximate surface area is 86.2 Å². The van der Waals surface area contributed by atoms with Crippen LogP contribution in [0.25, 0.3) is 0 Å². The first-order chi connectivity index (χ1) is 6.22. The van der Waals surface area contributed by atoms with Gasteiger partial charge in [0.25, 0.3) is 0 Å². The second-order valence-electron chi connectivity index (χ2n) is 3.02. The third kappa shape index (κ3) is 1.45. The van der Waals surface area contributed by atoms with Crippen LogP contribution in [0.1, 0.15) is 0 Å². The summed E-state index contributed by atoms with van der Waals surface area (Å²) >= 11 is 11.5. The minimum Gasteiger partial charge on any atom is -0.378 e. The molecule has 0 amide bonds. The normalized spacial score (nSPS) is 29.2. The van der Waals surface area contributed by atoms with Crippen molar-refractivity contribution < 1.29 is 9.53 Å². The van der Waals surface area contributed by atoms with Gasteiger partial charge >= 0.3 is 0 Å². The van der Waals surface area contributed by atoms with Crippen molar-refractivity contribution in [3.63, 3.8) is 0 Å². The van der Waals surface area contributed by atoms with Gasteiger partial charge in [0.15, 0.2) is 0 Å². The molecule has 0 N–H and O–H groups in total. The molecule has 0 aromatic rings. The molecule has 13 heavy (non-hydrogen) atoms. The zero-order chi connectivity index (χ0) is 9.42. The molecule has 5 heteroatoms. The molecule has 1 fully saturated rings. The highest BCUT2D eigenvalue weighted by molar-refractivity contribution is 6.51. The monoisotopic (exact) mass is 221 g/mol. The Balaban J connectivity index is 2.12. The summed E-state index contributed by atoms with van der Waals surface area (Å²) < 4.78 is 5.16. The summed E-state index contributed by atoms with van der Waals surface area (Å²) in [4.78, 5) is 13.3. The molecule has 0 spiro atoms. The maximum absolute atomic E-state index is 11.3. The molecular weight excluding hydrogens is 213 g/mol. The molecule has 0 aromatic heterocycles. The molecule has 2 aliphatic rings. The van der Waals surface area contributed by atoms with Crippen LogP contribution in [0.5, 0.6) is 0 Å². The third-order valence-electron chi connectivity index (χ3n) is 2.24. The van der Waals surface area contributed by atoms with Crippen molar-refractivity contribution in [3.8, 4) is 0 Å². The van der Waals surface area contributed by atoms with Gasteiger partial charge in [-0.3, -0.25) is 4.79 Å². The van der Waals surface area contributed by atoms with Gasteiger partial charge in [-0.05, 0) is 0 Å². The lowest BCUT2D eigenvalue weighted by Gasteiger charge is -2.36. The minimum atomic E-state index is -0.612. The van der Waals surface area contributed by atoms with Crippen LogP contribution in [0.2, 0.25) is 0 Å². The molecule has 1 heterocycles. The summed E-state index contributed by atoms with van der Waals surface area (Å²) in [6.07, 6.45) is 0. The van der Waals surface area contributed by atoms with Crippen LogP contribution in [-0.2, 0) is 9.53 Å². The van der Waals surface area contributed by atoms with Crippen LogP contribution in [0.15, 0.2) is 10.7 Å². The number of nitrogens with zero attached hydrogens (tertiary/aromatic N) is 1. The number of halogens is 2. The van der Waals surface area contributed by atoms with E-state index < -0.39 is 5.38 Å². The molecule has 1 atom stereocenters. The number of hydrogen-bond acceptors (Lipinski definition) is 3. The Morgan fingerprint density at radius 3 is 2.54 bits per heavy atom. The van der Waals surface area contributed by atoms with Gasteiger partial charge in [-0.2, -0.15) is 0 Å². The Morgan fingerprint density at radius 2 is 2.00 bits per heavy atom. The predicted molar refractivity (Wildman–Crippen MR) is 49.9 cm³/mol. The molecule has 0 radical (unpaired) electrons. The molecule has 0 bridgehead atoms. The topological polar surface area (TPSA) is 29.5 Å². The SMILES string of the molecule is O=C1C(N2CCOCC2)=C(Cl)C1Cl. The van der Waals surface area contributed by atoms with Crippen LogP contribution in [0.4, 0.5) is 0 Å². The molecular formula is C8H9Cl2NO2. The number of carbonyl (C=O) groups excluding carboxylic acids is 1. The standard InChI is InChI=1S/C8H9Cl2NO2/c9-5-6(10)8(12)7(5)11-1-3-13-4-2-11/h6H,1-4H2. The first kappa shape index (κ1) is 9.31. The van der Waals surface area contributed by atoms with E-state index in [0.29, 0.717) is 23.9 Å². The van der Waals surface area contributed by atoms with Gasteiger partial charge in [-0.25, -0.2) is 0 Å². The third-order valence-corrected chi connectivity index (χ3v) is 3.16. The Kier molecular flexibility index (Phi) is 2.49. The highest BCUT2D eigenvalue weighted by Gasteiger charge is 2.40. The van der Waals surface area contributed by atoms with E-state index in [4.69, 9.17) is 27.9 Å². The average Bonchev–Trinajstić information content (AvgIpc) is 2.19. The van der Waals surface area contributed by atoms with E-state index in [1.165, 1.54) is 0 Å². The lowest BCUT2D eigenvalue weighted by Crippen LogP contribution is -2.45. The molecule has 72 valence electrons. The zero-order valence-corrected chi connectivity index (χ0v) is 8.44. The van der Waals surface area contributed by atoms with Gasteiger partial charge in [-0.1, -0.05) is 11.6 Å². The van der Waals surface area contributed by atoms with Gasteiger partial charge in [-0.15, -0.1) is 11.6 Å². The molecule has 0 saturated carbocycles. The molecule has 1 aliphatic carbocycles. The summed E-state index contributed by atoms with van der Waals surface area (Å²) in [5.74, 6) is -0.0615. The second-order valence-corrected chi connectivity index (χ2v) is 3.87. The van der Waals surface area contributed by atoms with E-state index in [1.54, 1.807) is 0 Å². The summed E-state index contributed by atoms with van der Waals surface area (Å²) in [5, 5.41) is -0.131. The van der Waals surface area contributed by atoms with Crippen LogP contribution < -0.4 is 0 Å². The summed E-state index contributed by atoms with van der Waals surface area (Å²) in [5.41, 5.74) is 0.588. The van der Waals surface area contributed by atoms with Gasteiger partial charge in [0.1, 0.15) is 5.38 Å². The lowest BCUT2D eigenvalue weighted by molar-refractivity contribution is -0.118. The smallest absolute Gasteiger partial charge is 0.203 e. The van der Waals surface area contributed by atoms with E-state index >= 15 is 0 Å². The van der Waals surface area contributed by atoms with Gasteiger partial charge < -0.3 is 9.64 Å².